The van der Waals surface area contributed by atoms with E-state index in [2.05, 4.69) is 5.32 Å². The Morgan fingerprint density at radius 3 is 2.57 bits per heavy atom. The lowest BCUT2D eigenvalue weighted by molar-refractivity contribution is -0.384. The number of carbonyl (C=O) groups excluding carboxylic acids is 1. The molecule has 1 heterocycles. The minimum atomic E-state index is -4.00. The average Bonchev–Trinajstić information content (AvgIpc) is 2.71. The molecule has 30 heavy (non-hydrogen) atoms. The van der Waals surface area contributed by atoms with Crippen LogP contribution in [0.4, 0.5) is 17.1 Å². The maximum absolute atomic E-state index is 13.2. The molecule has 4 rings (SSSR count). The van der Waals surface area contributed by atoms with Gasteiger partial charge >= 0.3 is 0 Å². The number of nitrogens with one attached hydrogen (secondary N) is 1. The summed E-state index contributed by atoms with van der Waals surface area (Å²) in [5.74, 6) is -0.639. The Labute approximate surface area is 176 Å². The molecule has 1 aliphatic rings. The smallest absolute Gasteiger partial charge is 0.271 e. The van der Waals surface area contributed by atoms with Crippen LogP contribution < -0.4 is 9.62 Å². The van der Waals surface area contributed by atoms with Crippen LogP contribution in [0.1, 0.15) is 0 Å². The van der Waals surface area contributed by atoms with Gasteiger partial charge in [0.2, 0.25) is 5.91 Å². The van der Waals surface area contributed by atoms with Crippen molar-refractivity contribution in [2.24, 2.45) is 0 Å². The first-order valence-corrected chi connectivity index (χ1v) is 10.6. The van der Waals surface area contributed by atoms with E-state index in [1.807, 2.05) is 0 Å². The fraction of sp³-hybridized carbons (Fsp3) is 0.0500. The van der Waals surface area contributed by atoms with Crippen LogP contribution in [0.15, 0.2) is 71.6 Å². The van der Waals surface area contributed by atoms with E-state index < -0.39 is 27.4 Å². The minimum Gasteiger partial charge on any atom is -0.324 e. The van der Waals surface area contributed by atoms with E-state index in [1.54, 1.807) is 36.4 Å². The molecule has 152 valence electrons. The SMILES string of the molecule is O=C(CN1c2ccc(Cl)cc2-c2ccccc2S1(=O)=O)Nc1cccc([N+](=O)[O-])c1. The summed E-state index contributed by atoms with van der Waals surface area (Å²) in [6.45, 7) is -0.506. The number of nitrogens with zero attached hydrogens (tertiary/aromatic N) is 2. The molecule has 8 nitrogen and oxygen atoms in total. The minimum absolute atomic E-state index is 0.0721. The molecule has 0 radical (unpaired) electrons. The number of sulfonamides is 1. The summed E-state index contributed by atoms with van der Waals surface area (Å²) in [6.07, 6.45) is 0. The van der Waals surface area contributed by atoms with Crippen molar-refractivity contribution in [1.29, 1.82) is 0 Å². The number of rotatable bonds is 4. The van der Waals surface area contributed by atoms with Crippen molar-refractivity contribution in [3.05, 3.63) is 81.9 Å². The van der Waals surface area contributed by atoms with Crippen LogP contribution in [0.25, 0.3) is 11.1 Å². The van der Waals surface area contributed by atoms with Gasteiger partial charge in [-0.25, -0.2) is 8.42 Å². The zero-order chi connectivity index (χ0) is 21.5. The van der Waals surface area contributed by atoms with Gasteiger partial charge < -0.3 is 5.32 Å². The molecule has 0 bridgehead atoms. The van der Waals surface area contributed by atoms with Crippen molar-refractivity contribution in [3.8, 4) is 11.1 Å². The van der Waals surface area contributed by atoms with Crippen molar-refractivity contribution >= 4 is 44.6 Å². The summed E-state index contributed by atoms with van der Waals surface area (Å²) < 4.78 is 27.4. The number of nitro benzene ring substituents is 1. The zero-order valence-electron chi connectivity index (χ0n) is 15.3. The maximum Gasteiger partial charge on any atom is 0.271 e. The van der Waals surface area contributed by atoms with Crippen LogP contribution in [-0.2, 0) is 14.8 Å². The van der Waals surface area contributed by atoms with Gasteiger partial charge in [0.05, 0.1) is 15.5 Å². The molecule has 0 fully saturated rings. The Balaban J connectivity index is 1.70. The highest BCUT2D eigenvalue weighted by Crippen LogP contribution is 2.43. The number of carbonyl (C=O) groups is 1. The Morgan fingerprint density at radius 1 is 1.03 bits per heavy atom. The van der Waals surface area contributed by atoms with Crippen LogP contribution >= 0.6 is 11.6 Å². The van der Waals surface area contributed by atoms with Crippen LogP contribution in [0.2, 0.25) is 5.02 Å². The van der Waals surface area contributed by atoms with Gasteiger partial charge in [-0.15, -0.1) is 0 Å². The molecule has 0 saturated heterocycles. The van der Waals surface area contributed by atoms with Crippen LogP contribution in [0, 0.1) is 10.1 Å². The van der Waals surface area contributed by atoms with E-state index >= 15 is 0 Å². The first-order valence-electron chi connectivity index (χ1n) is 8.73. The Bertz CT molecular complexity index is 1290. The molecule has 3 aromatic rings. The third-order valence-electron chi connectivity index (χ3n) is 4.60. The first-order chi connectivity index (χ1) is 14.3. The van der Waals surface area contributed by atoms with Crippen molar-refractivity contribution < 1.29 is 18.1 Å². The topological polar surface area (TPSA) is 110 Å². The average molecular weight is 444 g/mol. The lowest BCUT2D eigenvalue weighted by Gasteiger charge is -2.31. The first kappa shape index (κ1) is 19.9. The van der Waals surface area contributed by atoms with Crippen molar-refractivity contribution in [3.63, 3.8) is 0 Å². The van der Waals surface area contributed by atoms with Crippen LogP contribution in [0.3, 0.4) is 0 Å². The number of non-ortho nitro benzene ring substituents is 1. The van der Waals surface area contributed by atoms with Crippen molar-refractivity contribution in [2.45, 2.75) is 4.90 Å². The molecule has 0 atom stereocenters. The Hall–Kier alpha value is -3.43. The summed E-state index contributed by atoms with van der Waals surface area (Å²) in [7, 11) is -4.00. The van der Waals surface area contributed by atoms with Gasteiger partial charge in [-0.05, 0) is 30.3 Å². The number of nitro groups is 1. The van der Waals surface area contributed by atoms with Gasteiger partial charge in [0.25, 0.3) is 15.7 Å². The molecule has 0 aliphatic carbocycles. The number of amides is 1. The second-order valence-corrected chi connectivity index (χ2v) is 8.79. The highest BCUT2D eigenvalue weighted by molar-refractivity contribution is 7.93. The van der Waals surface area contributed by atoms with Crippen molar-refractivity contribution in [2.75, 3.05) is 16.2 Å². The second-order valence-electron chi connectivity index (χ2n) is 6.52. The third-order valence-corrected chi connectivity index (χ3v) is 6.65. The van der Waals surface area contributed by atoms with Gasteiger partial charge in [-0.2, -0.15) is 0 Å². The molecule has 0 unspecified atom stereocenters. The number of hydrogen-bond donors (Lipinski definition) is 1. The summed E-state index contributed by atoms with van der Waals surface area (Å²) in [5, 5.41) is 13.9. The van der Waals surface area contributed by atoms with E-state index in [4.69, 9.17) is 11.6 Å². The van der Waals surface area contributed by atoms with E-state index in [-0.39, 0.29) is 16.3 Å². The van der Waals surface area contributed by atoms with E-state index in [0.29, 0.717) is 21.8 Å². The van der Waals surface area contributed by atoms with Gasteiger partial charge in [0.15, 0.2) is 0 Å². The molecule has 3 aromatic carbocycles. The van der Waals surface area contributed by atoms with Gasteiger partial charge in [0, 0.05) is 34.0 Å². The number of anilines is 2. The van der Waals surface area contributed by atoms with E-state index in [1.165, 1.54) is 30.3 Å². The second kappa shape index (κ2) is 7.43. The fourth-order valence-electron chi connectivity index (χ4n) is 3.30. The summed E-state index contributed by atoms with van der Waals surface area (Å²) in [6, 6.07) is 16.6. The number of fused-ring (bicyclic) bond motifs is 3. The van der Waals surface area contributed by atoms with Crippen molar-refractivity contribution in [1.82, 2.24) is 0 Å². The Kier molecular flexibility index (Phi) is 4.92. The Morgan fingerprint density at radius 2 is 1.80 bits per heavy atom. The number of halogens is 1. The molecule has 0 saturated carbocycles. The van der Waals surface area contributed by atoms with Gasteiger partial charge in [-0.3, -0.25) is 19.2 Å². The van der Waals surface area contributed by atoms with E-state index in [0.717, 1.165) is 4.31 Å². The predicted molar refractivity (Wildman–Crippen MR) is 113 cm³/mol. The molecule has 10 heteroatoms. The molecule has 0 spiro atoms. The monoisotopic (exact) mass is 443 g/mol. The number of hydrogen-bond acceptors (Lipinski definition) is 5. The third kappa shape index (κ3) is 3.49. The molecule has 1 aliphatic heterocycles. The fourth-order valence-corrected chi connectivity index (χ4v) is 5.12. The molecule has 1 N–H and O–H groups in total. The zero-order valence-corrected chi connectivity index (χ0v) is 16.9. The quantitative estimate of drug-likeness (QED) is 0.483. The normalized spacial score (nSPS) is 13.8. The summed E-state index contributed by atoms with van der Waals surface area (Å²) in [5.41, 5.74) is 1.43. The maximum atomic E-state index is 13.2. The largest absolute Gasteiger partial charge is 0.324 e. The van der Waals surface area contributed by atoms with Crippen LogP contribution in [-0.4, -0.2) is 25.8 Å². The predicted octanol–water partition coefficient (Wildman–Crippen LogP) is 4.06. The number of benzene rings is 3. The highest BCUT2D eigenvalue weighted by atomic mass is 35.5. The summed E-state index contributed by atoms with van der Waals surface area (Å²) in [4.78, 5) is 23.0. The van der Waals surface area contributed by atoms with Crippen LogP contribution in [0.5, 0.6) is 0 Å². The molecule has 0 aromatic heterocycles. The molecular formula is C20H14ClN3O5S. The van der Waals surface area contributed by atoms with E-state index in [9.17, 15) is 23.3 Å². The standard InChI is InChI=1S/C20H14ClN3O5S/c21-13-8-9-18-17(10-13)16-6-1-2-7-19(16)30(28,29)23(18)12-20(25)22-14-4-3-5-15(11-14)24(26)27/h1-11H,12H2,(H,22,25). The lowest BCUT2D eigenvalue weighted by Crippen LogP contribution is -2.40. The highest BCUT2D eigenvalue weighted by Gasteiger charge is 2.36. The van der Waals surface area contributed by atoms with Gasteiger partial charge in [0.1, 0.15) is 6.54 Å². The lowest BCUT2D eigenvalue weighted by atomic mass is 10.0. The van der Waals surface area contributed by atoms with Gasteiger partial charge in [-0.1, -0.05) is 35.9 Å². The molecular weight excluding hydrogens is 430 g/mol. The summed E-state index contributed by atoms with van der Waals surface area (Å²) >= 11 is 6.11. The molecule has 1 amide bonds.